The predicted octanol–water partition coefficient (Wildman–Crippen LogP) is 3.90. The zero-order valence-corrected chi connectivity index (χ0v) is 19.5. The number of methoxy groups -OCH3 is 2. The molecule has 5 rings (SSSR count). The van der Waals surface area contributed by atoms with Gasteiger partial charge in [0.15, 0.2) is 18.1 Å². The summed E-state index contributed by atoms with van der Waals surface area (Å²) in [7, 11) is 3.06. The third-order valence-corrected chi connectivity index (χ3v) is 6.25. The van der Waals surface area contributed by atoms with Crippen LogP contribution in [0.25, 0.3) is 38.1 Å². The van der Waals surface area contributed by atoms with Crippen LogP contribution in [0, 0.1) is 0 Å². The third-order valence-electron chi connectivity index (χ3n) is 6.25. The molecule has 0 saturated carbocycles. The Morgan fingerprint density at radius 1 is 1.09 bits per heavy atom. The van der Waals surface area contributed by atoms with Gasteiger partial charge in [-0.15, -0.1) is 0 Å². The Morgan fingerprint density at radius 2 is 1.91 bits per heavy atom. The van der Waals surface area contributed by atoms with Crippen LogP contribution in [0.2, 0.25) is 0 Å². The molecule has 3 heterocycles. The molecule has 1 atom stereocenters. The van der Waals surface area contributed by atoms with Crippen molar-refractivity contribution in [3.63, 3.8) is 0 Å². The van der Waals surface area contributed by atoms with E-state index in [1.165, 1.54) is 14.2 Å². The number of carbonyl (C=O) groups excluding carboxylic acids is 1. The molecule has 1 amide bonds. The van der Waals surface area contributed by atoms with E-state index < -0.39 is 0 Å². The van der Waals surface area contributed by atoms with Gasteiger partial charge in [-0.3, -0.25) is 19.0 Å². The Kier molecular flexibility index (Phi) is 5.36. The largest absolute Gasteiger partial charge is 0.493 e. The highest BCUT2D eigenvalue weighted by Crippen LogP contribution is 2.39. The van der Waals surface area contributed by atoms with Gasteiger partial charge in [-0.25, -0.2) is 0 Å². The number of hydrogen-bond acceptors (Lipinski definition) is 6. The number of rotatable bonds is 7. The lowest BCUT2D eigenvalue weighted by Crippen LogP contribution is -2.35. The van der Waals surface area contributed by atoms with Crippen molar-refractivity contribution >= 4 is 44.0 Å². The number of amides is 1. The minimum absolute atomic E-state index is 0.0807. The van der Waals surface area contributed by atoms with Crippen molar-refractivity contribution in [1.29, 1.82) is 0 Å². The second-order valence-corrected chi connectivity index (χ2v) is 8.26. The van der Waals surface area contributed by atoms with E-state index in [9.17, 15) is 9.59 Å². The minimum Gasteiger partial charge on any atom is -0.493 e. The fourth-order valence-electron chi connectivity index (χ4n) is 4.46. The van der Waals surface area contributed by atoms with Gasteiger partial charge in [0, 0.05) is 28.4 Å². The number of aromatic nitrogens is 2. The fourth-order valence-corrected chi connectivity index (χ4v) is 4.46. The number of nitrogens with zero attached hydrogens (tertiary/aromatic N) is 2. The molecule has 174 valence electrons. The van der Waals surface area contributed by atoms with Gasteiger partial charge < -0.3 is 19.5 Å². The number of nitrogens with one attached hydrogen (secondary N) is 1. The molecular formula is C26H25N3O5. The van der Waals surface area contributed by atoms with E-state index >= 15 is 0 Å². The van der Waals surface area contributed by atoms with Crippen molar-refractivity contribution in [2.75, 3.05) is 20.8 Å². The second kappa shape index (κ2) is 8.37. The van der Waals surface area contributed by atoms with E-state index in [1.807, 2.05) is 38.1 Å². The summed E-state index contributed by atoms with van der Waals surface area (Å²) in [6.45, 7) is 3.88. The van der Waals surface area contributed by atoms with Crippen LogP contribution in [0.4, 0.5) is 0 Å². The van der Waals surface area contributed by atoms with Crippen molar-refractivity contribution in [3.8, 4) is 17.2 Å². The summed E-state index contributed by atoms with van der Waals surface area (Å²) in [4.78, 5) is 30.5. The summed E-state index contributed by atoms with van der Waals surface area (Å²) in [6.07, 6.45) is 2.57. The average molecular weight is 460 g/mol. The summed E-state index contributed by atoms with van der Waals surface area (Å²) < 4.78 is 18.4. The summed E-state index contributed by atoms with van der Waals surface area (Å²) in [5, 5.41) is 5.71. The number of carbonyl (C=O) groups is 1. The summed E-state index contributed by atoms with van der Waals surface area (Å²) >= 11 is 0. The lowest BCUT2D eigenvalue weighted by atomic mass is 10.1. The first-order chi connectivity index (χ1) is 16.5. The number of pyridine rings is 2. The Balaban J connectivity index is 1.71. The van der Waals surface area contributed by atoms with Crippen LogP contribution in [0.15, 0.2) is 47.4 Å². The van der Waals surface area contributed by atoms with Crippen LogP contribution in [0.5, 0.6) is 17.2 Å². The standard InChI is InChI=1S/C26H25N3O5/c1-5-14(2)28-21(30)13-34-15-6-8-19-18(12-15)16-10-11-27-23-17-7-9-20(32-3)25(33-4)22(17)26(31)29(19)24(16)23/h6-12,14H,5,13H2,1-4H3,(H,28,30). The molecule has 5 aromatic rings. The van der Waals surface area contributed by atoms with Crippen molar-refractivity contribution < 1.29 is 19.0 Å². The van der Waals surface area contributed by atoms with Gasteiger partial charge in [-0.1, -0.05) is 6.92 Å². The molecule has 3 aromatic heterocycles. The molecule has 0 saturated heterocycles. The van der Waals surface area contributed by atoms with Gasteiger partial charge in [0.05, 0.1) is 36.2 Å². The van der Waals surface area contributed by atoms with Gasteiger partial charge in [0.2, 0.25) is 0 Å². The first-order valence-electron chi connectivity index (χ1n) is 11.1. The lowest BCUT2D eigenvalue weighted by molar-refractivity contribution is -0.123. The first kappa shape index (κ1) is 21.8. The van der Waals surface area contributed by atoms with Crippen molar-refractivity contribution in [3.05, 3.63) is 52.9 Å². The Morgan fingerprint density at radius 3 is 2.65 bits per heavy atom. The molecular weight excluding hydrogens is 434 g/mol. The van der Waals surface area contributed by atoms with E-state index in [2.05, 4.69) is 10.3 Å². The molecule has 34 heavy (non-hydrogen) atoms. The zero-order valence-electron chi connectivity index (χ0n) is 19.5. The molecule has 0 fully saturated rings. The number of ether oxygens (including phenoxy) is 3. The van der Waals surface area contributed by atoms with Gasteiger partial charge in [0.25, 0.3) is 11.5 Å². The maximum absolute atomic E-state index is 13.8. The molecule has 1 unspecified atom stereocenters. The lowest BCUT2D eigenvalue weighted by Gasteiger charge is -2.12. The molecule has 8 nitrogen and oxygen atoms in total. The summed E-state index contributed by atoms with van der Waals surface area (Å²) in [5.41, 5.74) is 1.93. The van der Waals surface area contributed by atoms with Crippen molar-refractivity contribution in [1.82, 2.24) is 14.7 Å². The van der Waals surface area contributed by atoms with E-state index in [4.69, 9.17) is 14.2 Å². The van der Waals surface area contributed by atoms with Crippen LogP contribution in [-0.4, -0.2) is 42.2 Å². The first-order valence-corrected chi connectivity index (χ1v) is 11.1. The van der Waals surface area contributed by atoms with E-state index in [-0.39, 0.29) is 24.1 Å². The third kappa shape index (κ3) is 3.25. The van der Waals surface area contributed by atoms with Crippen LogP contribution in [-0.2, 0) is 4.79 Å². The Hall–Kier alpha value is -4.07. The molecule has 0 aliphatic carbocycles. The Bertz CT molecular complexity index is 1610. The highest BCUT2D eigenvalue weighted by Gasteiger charge is 2.22. The maximum Gasteiger partial charge on any atom is 0.267 e. The van der Waals surface area contributed by atoms with Crippen LogP contribution in [0.1, 0.15) is 20.3 Å². The van der Waals surface area contributed by atoms with Gasteiger partial charge >= 0.3 is 0 Å². The number of benzene rings is 2. The summed E-state index contributed by atoms with van der Waals surface area (Å²) in [6, 6.07) is 11.0. The zero-order chi connectivity index (χ0) is 24.0. The maximum atomic E-state index is 13.8. The van der Waals surface area contributed by atoms with Gasteiger partial charge in [-0.05, 0) is 49.7 Å². The number of hydrogen-bond donors (Lipinski definition) is 1. The molecule has 0 bridgehead atoms. The molecule has 0 aliphatic rings. The summed E-state index contributed by atoms with van der Waals surface area (Å²) in [5.74, 6) is 1.23. The second-order valence-electron chi connectivity index (χ2n) is 8.26. The minimum atomic E-state index is -0.215. The average Bonchev–Trinajstić information content (AvgIpc) is 3.19. The fraction of sp³-hybridized carbons (Fsp3) is 0.269. The van der Waals surface area contributed by atoms with Crippen LogP contribution < -0.4 is 25.1 Å². The predicted molar refractivity (Wildman–Crippen MR) is 132 cm³/mol. The normalized spacial score (nSPS) is 12.5. The van der Waals surface area contributed by atoms with Crippen LogP contribution in [0.3, 0.4) is 0 Å². The molecule has 0 radical (unpaired) electrons. The van der Waals surface area contributed by atoms with Gasteiger partial charge in [-0.2, -0.15) is 0 Å². The van der Waals surface area contributed by atoms with Crippen LogP contribution >= 0.6 is 0 Å². The van der Waals surface area contributed by atoms with E-state index in [0.29, 0.717) is 33.5 Å². The highest BCUT2D eigenvalue weighted by molar-refractivity contribution is 6.19. The topological polar surface area (TPSA) is 91.2 Å². The molecule has 8 heteroatoms. The van der Waals surface area contributed by atoms with Crippen molar-refractivity contribution in [2.45, 2.75) is 26.3 Å². The number of fused-ring (bicyclic) bond motifs is 5. The van der Waals surface area contributed by atoms with Crippen molar-refractivity contribution in [2.24, 2.45) is 0 Å². The molecule has 0 spiro atoms. The highest BCUT2D eigenvalue weighted by atomic mass is 16.5. The molecule has 2 aromatic carbocycles. The smallest absolute Gasteiger partial charge is 0.267 e. The van der Waals surface area contributed by atoms with Gasteiger partial charge in [0.1, 0.15) is 5.75 Å². The van der Waals surface area contributed by atoms with E-state index in [0.717, 1.165) is 28.2 Å². The SMILES string of the molecule is CCC(C)NC(=O)COc1ccc2c(c1)c1ccnc3c4ccc(OC)c(OC)c4c(=O)n2c13. The monoisotopic (exact) mass is 459 g/mol. The molecule has 1 N–H and O–H groups in total. The quantitative estimate of drug-likeness (QED) is 0.371. The van der Waals surface area contributed by atoms with E-state index in [1.54, 1.807) is 22.7 Å². The molecule has 0 aliphatic heterocycles. The Labute approximate surface area is 195 Å².